The summed E-state index contributed by atoms with van der Waals surface area (Å²) in [5.41, 5.74) is 3.77. The van der Waals surface area contributed by atoms with Gasteiger partial charge >= 0.3 is 0 Å². The molecule has 0 aliphatic heterocycles. The Morgan fingerprint density at radius 1 is 1.21 bits per heavy atom. The van der Waals surface area contributed by atoms with E-state index in [1.807, 2.05) is 6.92 Å². The van der Waals surface area contributed by atoms with Crippen molar-refractivity contribution in [2.45, 2.75) is 26.4 Å². The van der Waals surface area contributed by atoms with Crippen molar-refractivity contribution in [3.8, 4) is 0 Å². The fourth-order valence-corrected chi connectivity index (χ4v) is 3.10. The van der Waals surface area contributed by atoms with Crippen molar-refractivity contribution in [3.63, 3.8) is 0 Å². The van der Waals surface area contributed by atoms with Crippen LogP contribution in [0, 0.1) is 6.92 Å². The molecular weight excluding hydrogens is 318 g/mol. The third kappa shape index (κ3) is 5.94. The summed E-state index contributed by atoms with van der Waals surface area (Å²) in [6.45, 7) is 4.56. The minimum Gasteiger partial charge on any atom is -0.356 e. The highest BCUT2D eigenvalue weighted by Crippen LogP contribution is 2.10. The molecule has 130 valence electrons. The average Bonchev–Trinajstić information content (AvgIpc) is 2.97. The number of benzene rings is 1. The summed E-state index contributed by atoms with van der Waals surface area (Å²) >= 11 is 1.69. The lowest BCUT2D eigenvalue weighted by molar-refractivity contribution is 0.400. The van der Waals surface area contributed by atoms with Crippen LogP contribution in [0.15, 0.2) is 34.6 Å². The number of rotatable bonds is 7. The summed E-state index contributed by atoms with van der Waals surface area (Å²) in [6, 6.07) is 8.51. The molecule has 0 fully saturated rings. The topological polar surface area (TPSA) is 52.6 Å². The van der Waals surface area contributed by atoms with E-state index in [4.69, 9.17) is 0 Å². The predicted octanol–water partition coefficient (Wildman–Crippen LogP) is 2.42. The molecule has 2 N–H and O–H groups in total. The van der Waals surface area contributed by atoms with Crippen molar-refractivity contribution in [2.24, 2.45) is 4.99 Å². The van der Waals surface area contributed by atoms with E-state index in [2.05, 4.69) is 69.3 Å². The third-order valence-electron chi connectivity index (χ3n) is 3.62. The summed E-state index contributed by atoms with van der Waals surface area (Å²) in [5, 5.41) is 9.98. The van der Waals surface area contributed by atoms with Crippen LogP contribution in [-0.2, 0) is 19.5 Å². The lowest BCUT2D eigenvalue weighted by atomic mass is 10.1. The maximum absolute atomic E-state index is 4.48. The summed E-state index contributed by atoms with van der Waals surface area (Å²) in [5.74, 6) is 0.821. The molecule has 1 aromatic heterocycles. The molecular formula is C18H27N5S. The first-order chi connectivity index (χ1) is 11.6. The zero-order valence-corrected chi connectivity index (χ0v) is 15.8. The van der Waals surface area contributed by atoms with Gasteiger partial charge < -0.3 is 15.5 Å². The smallest absolute Gasteiger partial charge is 0.191 e. The highest BCUT2D eigenvalue weighted by atomic mass is 32.1. The molecule has 6 heteroatoms. The molecule has 0 atom stereocenters. The molecule has 2 rings (SSSR count). The zero-order chi connectivity index (χ0) is 17.4. The van der Waals surface area contributed by atoms with E-state index in [1.165, 1.54) is 11.1 Å². The van der Waals surface area contributed by atoms with Crippen molar-refractivity contribution >= 4 is 17.3 Å². The molecule has 0 aliphatic rings. The van der Waals surface area contributed by atoms with Gasteiger partial charge in [0.05, 0.1) is 10.7 Å². The van der Waals surface area contributed by atoms with Crippen LogP contribution in [0.25, 0.3) is 0 Å². The summed E-state index contributed by atoms with van der Waals surface area (Å²) in [4.78, 5) is 11.0. The Kier molecular flexibility index (Phi) is 7.21. The van der Waals surface area contributed by atoms with Gasteiger partial charge in [0.2, 0.25) is 0 Å². The fourth-order valence-electron chi connectivity index (χ4n) is 2.46. The Bertz CT molecular complexity index is 663. The van der Waals surface area contributed by atoms with Crippen LogP contribution >= 0.6 is 11.3 Å². The van der Waals surface area contributed by atoms with E-state index < -0.39 is 0 Å². The van der Waals surface area contributed by atoms with Crippen LogP contribution < -0.4 is 10.6 Å². The van der Waals surface area contributed by atoms with Crippen LogP contribution in [0.4, 0.5) is 0 Å². The lowest BCUT2D eigenvalue weighted by Gasteiger charge is -2.16. The molecule has 5 nitrogen and oxygen atoms in total. The van der Waals surface area contributed by atoms with Gasteiger partial charge in [-0.2, -0.15) is 0 Å². The van der Waals surface area contributed by atoms with Crippen molar-refractivity contribution < 1.29 is 0 Å². The molecule has 24 heavy (non-hydrogen) atoms. The van der Waals surface area contributed by atoms with Crippen LogP contribution in [-0.4, -0.2) is 43.5 Å². The van der Waals surface area contributed by atoms with Gasteiger partial charge in [0.25, 0.3) is 0 Å². The molecule has 0 saturated carbocycles. The Balaban J connectivity index is 1.83. The Hall–Kier alpha value is -1.92. The molecule has 0 radical (unpaired) electrons. The van der Waals surface area contributed by atoms with E-state index in [1.54, 1.807) is 18.4 Å². The van der Waals surface area contributed by atoms with Crippen molar-refractivity contribution in [2.75, 3.05) is 27.7 Å². The van der Waals surface area contributed by atoms with Gasteiger partial charge in [-0.3, -0.25) is 4.99 Å². The van der Waals surface area contributed by atoms with Crippen molar-refractivity contribution in [1.29, 1.82) is 0 Å². The molecule has 0 amide bonds. The van der Waals surface area contributed by atoms with E-state index >= 15 is 0 Å². The van der Waals surface area contributed by atoms with Gasteiger partial charge in [0.1, 0.15) is 0 Å². The van der Waals surface area contributed by atoms with Gasteiger partial charge in [-0.15, -0.1) is 11.3 Å². The molecule has 1 aromatic carbocycles. The number of nitrogens with one attached hydrogen (secondary N) is 2. The summed E-state index contributed by atoms with van der Waals surface area (Å²) in [6.07, 6.45) is 0.905. The third-order valence-corrected chi connectivity index (χ3v) is 4.44. The van der Waals surface area contributed by atoms with E-state index in [9.17, 15) is 0 Å². The van der Waals surface area contributed by atoms with Crippen LogP contribution in [0.2, 0.25) is 0 Å². The fraction of sp³-hybridized carbons (Fsp3) is 0.444. The van der Waals surface area contributed by atoms with Gasteiger partial charge in [0, 0.05) is 38.5 Å². The number of hydrogen-bond acceptors (Lipinski definition) is 4. The first-order valence-corrected chi connectivity index (χ1v) is 9.03. The van der Waals surface area contributed by atoms with Crippen LogP contribution in [0.5, 0.6) is 0 Å². The molecule has 0 bridgehead atoms. The number of hydrogen-bond donors (Lipinski definition) is 2. The number of aromatic nitrogens is 1. The van der Waals surface area contributed by atoms with Crippen molar-refractivity contribution in [1.82, 2.24) is 20.5 Å². The Labute approximate surface area is 148 Å². The summed E-state index contributed by atoms with van der Waals surface area (Å²) in [7, 11) is 5.98. The molecule has 2 aromatic rings. The molecule has 0 spiro atoms. The molecule has 0 aliphatic carbocycles. The largest absolute Gasteiger partial charge is 0.356 e. The minimum atomic E-state index is 0.763. The van der Waals surface area contributed by atoms with Gasteiger partial charge in [-0.1, -0.05) is 24.3 Å². The monoisotopic (exact) mass is 345 g/mol. The van der Waals surface area contributed by atoms with Crippen molar-refractivity contribution in [3.05, 3.63) is 51.5 Å². The lowest BCUT2D eigenvalue weighted by Crippen LogP contribution is -2.38. The highest BCUT2D eigenvalue weighted by molar-refractivity contribution is 7.09. The van der Waals surface area contributed by atoms with Gasteiger partial charge in [0.15, 0.2) is 5.96 Å². The number of thiazole rings is 1. The van der Waals surface area contributed by atoms with E-state index in [0.717, 1.165) is 42.7 Å². The van der Waals surface area contributed by atoms with E-state index in [-0.39, 0.29) is 0 Å². The summed E-state index contributed by atoms with van der Waals surface area (Å²) < 4.78 is 0. The van der Waals surface area contributed by atoms with Gasteiger partial charge in [-0.25, -0.2) is 4.98 Å². The number of guanidine groups is 1. The normalized spacial score (nSPS) is 11.8. The van der Waals surface area contributed by atoms with Crippen LogP contribution in [0.1, 0.15) is 21.8 Å². The number of aliphatic imine (C=N–C) groups is 1. The Morgan fingerprint density at radius 3 is 2.58 bits per heavy atom. The molecule has 0 saturated heterocycles. The standard InChI is InChI=1S/C18H27N5S/c1-14-22-17(13-24-14)9-10-20-18(19-2)21-11-15-7-5-6-8-16(15)12-23(3)4/h5-8,13H,9-12H2,1-4H3,(H2,19,20,21). The molecule has 0 unspecified atom stereocenters. The minimum absolute atomic E-state index is 0.763. The van der Waals surface area contributed by atoms with Gasteiger partial charge in [-0.05, 0) is 32.1 Å². The highest BCUT2D eigenvalue weighted by Gasteiger charge is 2.05. The van der Waals surface area contributed by atoms with Crippen LogP contribution in [0.3, 0.4) is 0 Å². The number of aryl methyl sites for hydroxylation is 1. The average molecular weight is 346 g/mol. The second kappa shape index (κ2) is 9.39. The maximum Gasteiger partial charge on any atom is 0.191 e. The SMILES string of the molecule is CN=C(NCCc1csc(C)n1)NCc1ccccc1CN(C)C. The quantitative estimate of drug-likeness (QED) is 0.598. The second-order valence-electron chi connectivity index (χ2n) is 5.97. The first-order valence-electron chi connectivity index (χ1n) is 8.15. The Morgan fingerprint density at radius 2 is 1.96 bits per heavy atom. The number of nitrogens with zero attached hydrogens (tertiary/aromatic N) is 3. The second-order valence-corrected chi connectivity index (χ2v) is 7.03. The molecule has 1 heterocycles. The maximum atomic E-state index is 4.48. The van der Waals surface area contributed by atoms with E-state index in [0.29, 0.717) is 0 Å². The predicted molar refractivity (Wildman–Crippen MR) is 103 cm³/mol. The first kappa shape index (κ1) is 18.4. The zero-order valence-electron chi connectivity index (χ0n) is 15.0.